The average Bonchev–Trinajstić information content (AvgIpc) is 2.28. The van der Waals surface area contributed by atoms with Gasteiger partial charge < -0.3 is 8.43 Å². The molecule has 0 spiro atoms. The van der Waals surface area contributed by atoms with Crippen LogP contribution in [0.2, 0.25) is 37.3 Å². The van der Waals surface area contributed by atoms with Crippen LogP contribution in [0.5, 0.6) is 0 Å². The molecule has 0 aromatic heterocycles. The Hall–Kier alpha value is 0.584. The highest BCUT2D eigenvalue weighted by Gasteiger charge is 2.32. The zero-order valence-electron chi connectivity index (χ0n) is 11.6. The minimum absolute atomic E-state index is 1.000. The van der Waals surface area contributed by atoms with Gasteiger partial charge in [0.2, 0.25) is 0 Å². The largest absolute Gasteiger partial charge is 0.353 e. The van der Waals surface area contributed by atoms with E-state index in [1.165, 1.54) is 0 Å². The average molecular weight is 282 g/mol. The third-order valence-electron chi connectivity index (χ3n) is 3.65. The van der Waals surface area contributed by atoms with E-state index in [2.05, 4.69) is 40.8 Å². The van der Waals surface area contributed by atoms with Gasteiger partial charge in [-0.15, -0.1) is 0 Å². The molecule has 0 heterocycles. The van der Waals surface area contributed by atoms with Gasteiger partial charge in [0.05, 0.1) is 0 Å². The molecule has 0 fully saturated rings. The second-order valence-electron chi connectivity index (χ2n) is 4.77. The molecule has 0 aromatic rings. The molecule has 16 heavy (non-hydrogen) atoms. The lowest BCUT2D eigenvalue weighted by Crippen LogP contribution is -2.33. The van der Waals surface area contributed by atoms with Crippen LogP contribution in [0, 0.1) is 0 Å². The molecule has 0 bridgehead atoms. The molecule has 0 unspecified atom stereocenters. The van der Waals surface area contributed by atoms with Crippen LogP contribution in [0.4, 0.5) is 0 Å². The minimum Gasteiger partial charge on any atom is -0.353 e. The first-order chi connectivity index (χ1) is 7.34. The van der Waals surface area contributed by atoms with Crippen LogP contribution < -0.4 is 0 Å². The van der Waals surface area contributed by atoms with Crippen molar-refractivity contribution in [2.75, 3.05) is 0 Å². The maximum atomic E-state index is 11.9. The molecule has 0 aliphatic carbocycles. The summed E-state index contributed by atoms with van der Waals surface area (Å²) in [7, 11) is -5.79. The summed E-state index contributed by atoms with van der Waals surface area (Å²) in [6.07, 6.45) is 0. The van der Waals surface area contributed by atoms with Crippen molar-refractivity contribution >= 4 is 24.9 Å². The summed E-state index contributed by atoms with van der Waals surface area (Å²) in [5.41, 5.74) is 0. The molecule has 0 amide bonds. The van der Waals surface area contributed by atoms with Gasteiger partial charge >= 0.3 is 0 Å². The smallest absolute Gasteiger partial charge is 0.299 e. The van der Waals surface area contributed by atoms with Gasteiger partial charge in [-0.2, -0.15) is 0 Å². The monoisotopic (exact) mass is 282 g/mol. The van der Waals surface area contributed by atoms with E-state index >= 15 is 0 Å². The summed E-state index contributed by atoms with van der Waals surface area (Å²) < 4.78 is 23.4. The first-order valence-corrected chi connectivity index (χ1v) is 13.1. The maximum absolute atomic E-state index is 11.9. The van der Waals surface area contributed by atoms with E-state index in [1.807, 2.05) is 0 Å². The Morgan fingerprint density at radius 3 is 1.25 bits per heavy atom. The van der Waals surface area contributed by atoms with E-state index in [9.17, 15) is 4.57 Å². The molecule has 0 rings (SSSR count). The van der Waals surface area contributed by atoms with Gasteiger partial charge in [-0.05, 0) is 37.3 Å². The van der Waals surface area contributed by atoms with Crippen molar-refractivity contribution in [3.63, 3.8) is 0 Å². The van der Waals surface area contributed by atoms with E-state index in [0.717, 1.165) is 24.2 Å². The van der Waals surface area contributed by atoms with Crippen molar-refractivity contribution < 1.29 is 13.0 Å². The Kier molecular flexibility index (Phi) is 7.37. The molecule has 0 N–H and O–H groups in total. The van der Waals surface area contributed by atoms with Gasteiger partial charge in [-0.1, -0.05) is 27.7 Å². The Morgan fingerprint density at radius 2 is 1.06 bits per heavy atom. The van der Waals surface area contributed by atoms with Crippen molar-refractivity contribution in [3.8, 4) is 0 Å². The summed E-state index contributed by atoms with van der Waals surface area (Å²) in [6, 6.07) is 4.00. The first-order valence-electron chi connectivity index (χ1n) is 6.26. The quantitative estimate of drug-likeness (QED) is 0.480. The zero-order chi connectivity index (χ0) is 12.8. The second-order valence-corrected chi connectivity index (χ2v) is 15.5. The second kappa shape index (κ2) is 7.11. The summed E-state index contributed by atoms with van der Waals surface area (Å²) in [4.78, 5) is 0. The van der Waals surface area contributed by atoms with E-state index < -0.39 is 24.9 Å². The van der Waals surface area contributed by atoms with Crippen LogP contribution in [0.1, 0.15) is 27.7 Å². The lowest BCUT2D eigenvalue weighted by Gasteiger charge is -2.28. The van der Waals surface area contributed by atoms with Gasteiger partial charge in [-0.25, -0.2) is 0 Å². The van der Waals surface area contributed by atoms with Gasteiger partial charge in [0.1, 0.15) is 0 Å². The fourth-order valence-electron chi connectivity index (χ4n) is 1.21. The lowest BCUT2D eigenvalue weighted by molar-refractivity contribution is 0.404. The fourth-order valence-corrected chi connectivity index (χ4v) is 8.28. The summed E-state index contributed by atoms with van der Waals surface area (Å²) in [5.74, 6) is 0. The van der Waals surface area contributed by atoms with Gasteiger partial charge in [0.15, 0.2) is 16.6 Å². The maximum Gasteiger partial charge on any atom is 0.299 e. The Bertz CT molecular complexity index is 206. The highest BCUT2D eigenvalue weighted by atomic mass is 31.1. The van der Waals surface area contributed by atoms with Gasteiger partial charge in [-0.3, -0.25) is 4.57 Å². The molecular weight excluding hydrogens is 255 g/mol. The van der Waals surface area contributed by atoms with Crippen molar-refractivity contribution in [3.05, 3.63) is 0 Å². The molecule has 0 saturated heterocycles. The summed E-state index contributed by atoms with van der Waals surface area (Å²) in [6.45, 7) is 12.7. The third kappa shape index (κ3) is 5.28. The highest BCUT2D eigenvalue weighted by Crippen LogP contribution is 2.38. The standard InChI is InChI=1S/C10H27O3PSi2/c1-7-15(5,8-2)12-14(11)13-16(6,9-3)10-4/h14H,7-10H2,1-6H3. The molecule has 0 saturated carbocycles. The molecule has 98 valence electrons. The molecule has 0 aliphatic heterocycles. The van der Waals surface area contributed by atoms with Crippen molar-refractivity contribution in [1.82, 2.24) is 0 Å². The fraction of sp³-hybridized carbons (Fsp3) is 1.00. The summed E-state index contributed by atoms with van der Waals surface area (Å²) in [5, 5.41) is 0. The highest BCUT2D eigenvalue weighted by molar-refractivity contribution is 7.38. The topological polar surface area (TPSA) is 35.5 Å². The van der Waals surface area contributed by atoms with Gasteiger partial charge in [0, 0.05) is 0 Å². The van der Waals surface area contributed by atoms with Crippen molar-refractivity contribution in [2.45, 2.75) is 65.0 Å². The number of hydrogen-bond acceptors (Lipinski definition) is 3. The predicted molar refractivity (Wildman–Crippen MR) is 76.3 cm³/mol. The van der Waals surface area contributed by atoms with E-state index in [1.54, 1.807) is 0 Å². The van der Waals surface area contributed by atoms with E-state index in [4.69, 9.17) is 8.43 Å². The Labute approximate surface area is 103 Å². The normalized spacial score (nSPS) is 13.4. The van der Waals surface area contributed by atoms with Crippen LogP contribution in [0.25, 0.3) is 0 Å². The molecule has 0 atom stereocenters. The molecule has 3 nitrogen and oxygen atoms in total. The lowest BCUT2D eigenvalue weighted by atomic mass is 10.9. The number of rotatable bonds is 8. The molecule has 0 aromatic carbocycles. The van der Waals surface area contributed by atoms with Crippen molar-refractivity contribution in [1.29, 1.82) is 0 Å². The molecular formula is C10H27O3PSi2. The van der Waals surface area contributed by atoms with Crippen LogP contribution >= 0.6 is 8.25 Å². The number of hydrogen-bond donors (Lipinski definition) is 0. The first kappa shape index (κ1) is 16.6. The zero-order valence-corrected chi connectivity index (χ0v) is 14.6. The SMILES string of the molecule is CC[Si](C)(CC)O[PH](=O)O[Si](C)(CC)CC. The van der Waals surface area contributed by atoms with Crippen LogP contribution in [-0.4, -0.2) is 16.6 Å². The van der Waals surface area contributed by atoms with Crippen LogP contribution in [0.15, 0.2) is 0 Å². The van der Waals surface area contributed by atoms with Crippen LogP contribution in [0.3, 0.4) is 0 Å². The van der Waals surface area contributed by atoms with Crippen LogP contribution in [-0.2, 0) is 13.0 Å². The van der Waals surface area contributed by atoms with Crippen molar-refractivity contribution in [2.24, 2.45) is 0 Å². The molecule has 0 radical (unpaired) electrons. The van der Waals surface area contributed by atoms with Gasteiger partial charge in [0.25, 0.3) is 8.25 Å². The minimum atomic E-state index is -2.28. The van der Waals surface area contributed by atoms with E-state index in [-0.39, 0.29) is 0 Å². The molecule has 0 aliphatic rings. The molecule has 6 heteroatoms. The summed E-state index contributed by atoms with van der Waals surface area (Å²) >= 11 is 0. The third-order valence-corrected chi connectivity index (χ3v) is 14.9. The predicted octanol–water partition coefficient (Wildman–Crippen LogP) is 4.64. The Balaban J connectivity index is 4.38. The Morgan fingerprint density at radius 1 is 0.812 bits per heavy atom. The van der Waals surface area contributed by atoms with E-state index in [0.29, 0.717) is 0 Å².